The number of alkyl halides is 2. The third kappa shape index (κ3) is 4.93. The molecule has 0 spiro atoms. The predicted octanol–water partition coefficient (Wildman–Crippen LogP) is 2.77. The largest absolute Gasteiger partial charge is 0.343 e. The fourth-order valence-corrected chi connectivity index (χ4v) is 5.99. The highest BCUT2D eigenvalue weighted by Crippen LogP contribution is 2.55. The zero-order valence-electron chi connectivity index (χ0n) is 18.7. The normalized spacial score (nSPS) is 35.4. The molecular weight excluding hydrogens is 404 g/mol. The number of rotatable bonds is 6. The van der Waals surface area contributed by atoms with Gasteiger partial charge in [-0.3, -0.25) is 14.4 Å². The molecule has 0 aromatic heterocycles. The SMILES string of the molecule is C=CC(=O)NCC(=O)N1CCN(C(=O)C2(CC)CC3CC(F)CC(F)(C3)C2)[C@@H](CC)C1. The molecule has 3 aliphatic rings. The molecule has 5 atom stereocenters. The molecule has 1 heterocycles. The van der Waals surface area contributed by atoms with Crippen molar-refractivity contribution in [3.63, 3.8) is 0 Å². The van der Waals surface area contributed by atoms with Gasteiger partial charge in [0.2, 0.25) is 17.7 Å². The van der Waals surface area contributed by atoms with Gasteiger partial charge in [0.25, 0.3) is 0 Å². The number of hydrogen-bond donors (Lipinski definition) is 1. The van der Waals surface area contributed by atoms with Crippen LogP contribution in [0.3, 0.4) is 0 Å². The van der Waals surface area contributed by atoms with Crippen LogP contribution in [0, 0.1) is 11.3 Å². The van der Waals surface area contributed by atoms with Crippen LogP contribution in [0.1, 0.15) is 58.8 Å². The van der Waals surface area contributed by atoms with E-state index in [9.17, 15) is 18.8 Å². The third-order valence-electron chi connectivity index (χ3n) is 7.46. The number of hydrogen-bond acceptors (Lipinski definition) is 3. The van der Waals surface area contributed by atoms with Crippen molar-refractivity contribution in [3.05, 3.63) is 12.7 Å². The first-order valence-electron chi connectivity index (χ1n) is 11.5. The summed E-state index contributed by atoms with van der Waals surface area (Å²) < 4.78 is 29.5. The number of halogens is 2. The molecule has 0 aromatic carbocycles. The quantitative estimate of drug-likeness (QED) is 0.647. The highest BCUT2D eigenvalue weighted by Gasteiger charge is 2.56. The summed E-state index contributed by atoms with van der Waals surface area (Å²) in [6.07, 6.45) is 2.44. The van der Waals surface area contributed by atoms with Crippen molar-refractivity contribution in [2.45, 2.75) is 76.7 Å². The smallest absolute Gasteiger partial charge is 0.243 e. The summed E-state index contributed by atoms with van der Waals surface area (Å²) in [4.78, 5) is 41.0. The first-order valence-corrected chi connectivity index (χ1v) is 11.5. The van der Waals surface area contributed by atoms with Gasteiger partial charge >= 0.3 is 0 Å². The van der Waals surface area contributed by atoms with Gasteiger partial charge in [0.05, 0.1) is 12.0 Å². The number of amides is 3. The summed E-state index contributed by atoms with van der Waals surface area (Å²) >= 11 is 0. The average molecular weight is 440 g/mol. The maximum absolute atomic E-state index is 15.5. The molecule has 1 saturated heterocycles. The van der Waals surface area contributed by atoms with Gasteiger partial charge in [-0.1, -0.05) is 20.4 Å². The number of nitrogens with one attached hydrogen (secondary N) is 1. The van der Waals surface area contributed by atoms with Crippen LogP contribution in [0.4, 0.5) is 8.78 Å². The predicted molar refractivity (Wildman–Crippen MR) is 114 cm³/mol. The van der Waals surface area contributed by atoms with E-state index in [0.29, 0.717) is 51.7 Å². The van der Waals surface area contributed by atoms with Crippen molar-refractivity contribution in [1.29, 1.82) is 0 Å². The molecule has 1 aliphatic heterocycles. The molecule has 31 heavy (non-hydrogen) atoms. The minimum absolute atomic E-state index is 0.0436. The first kappa shape index (κ1) is 23.7. The van der Waals surface area contributed by atoms with E-state index in [1.54, 1.807) is 4.90 Å². The van der Waals surface area contributed by atoms with Gasteiger partial charge in [0, 0.05) is 32.1 Å². The van der Waals surface area contributed by atoms with E-state index >= 15 is 4.39 Å². The van der Waals surface area contributed by atoms with Crippen molar-refractivity contribution in [2.24, 2.45) is 11.3 Å². The molecule has 0 aromatic rings. The molecule has 3 amide bonds. The summed E-state index contributed by atoms with van der Waals surface area (Å²) in [5.41, 5.74) is -2.40. The Hall–Kier alpha value is -1.99. The Balaban J connectivity index is 1.70. The second-order valence-electron chi connectivity index (χ2n) is 9.60. The number of carbonyl (C=O) groups is 3. The molecular formula is C23H35F2N3O3. The molecule has 4 unspecified atom stereocenters. The molecule has 3 fully saturated rings. The third-order valence-corrected chi connectivity index (χ3v) is 7.46. The minimum Gasteiger partial charge on any atom is -0.343 e. The lowest BCUT2D eigenvalue weighted by Crippen LogP contribution is -2.62. The van der Waals surface area contributed by atoms with Gasteiger partial charge in [-0.2, -0.15) is 0 Å². The second kappa shape index (κ2) is 9.25. The van der Waals surface area contributed by atoms with Crippen molar-refractivity contribution in [1.82, 2.24) is 15.1 Å². The highest BCUT2D eigenvalue weighted by molar-refractivity contribution is 5.91. The monoisotopic (exact) mass is 439 g/mol. The summed E-state index contributed by atoms with van der Waals surface area (Å²) in [6.45, 7) is 8.31. The van der Waals surface area contributed by atoms with Crippen LogP contribution in [-0.4, -0.2) is 71.6 Å². The molecule has 174 valence electrons. The molecule has 2 aliphatic carbocycles. The fourth-order valence-electron chi connectivity index (χ4n) is 5.99. The van der Waals surface area contributed by atoms with E-state index in [2.05, 4.69) is 11.9 Å². The van der Waals surface area contributed by atoms with Gasteiger partial charge in [0.15, 0.2) is 0 Å². The lowest BCUT2D eigenvalue weighted by Gasteiger charge is -2.52. The number of carbonyl (C=O) groups excluding carboxylic acids is 3. The summed E-state index contributed by atoms with van der Waals surface area (Å²) in [6, 6.07) is -0.157. The Morgan fingerprint density at radius 3 is 2.55 bits per heavy atom. The van der Waals surface area contributed by atoms with E-state index in [1.807, 2.05) is 18.7 Å². The van der Waals surface area contributed by atoms with E-state index in [4.69, 9.17) is 0 Å². The molecule has 1 N–H and O–H groups in total. The van der Waals surface area contributed by atoms with Crippen molar-refractivity contribution in [3.8, 4) is 0 Å². The highest BCUT2D eigenvalue weighted by atomic mass is 19.2. The van der Waals surface area contributed by atoms with Gasteiger partial charge < -0.3 is 15.1 Å². The Morgan fingerprint density at radius 2 is 1.94 bits per heavy atom. The first-order chi connectivity index (χ1) is 14.6. The van der Waals surface area contributed by atoms with Crippen molar-refractivity contribution < 1.29 is 23.2 Å². The van der Waals surface area contributed by atoms with Crippen LogP contribution in [0.5, 0.6) is 0 Å². The van der Waals surface area contributed by atoms with Gasteiger partial charge in [0.1, 0.15) is 11.8 Å². The Kier molecular flexibility index (Phi) is 7.06. The van der Waals surface area contributed by atoms with E-state index in [1.165, 1.54) is 0 Å². The minimum atomic E-state index is -1.60. The number of piperazine rings is 1. The van der Waals surface area contributed by atoms with Gasteiger partial charge in [-0.15, -0.1) is 0 Å². The zero-order valence-corrected chi connectivity index (χ0v) is 18.7. The lowest BCUT2D eigenvalue weighted by atomic mass is 9.57. The number of fused-ring (bicyclic) bond motifs is 2. The zero-order chi connectivity index (χ0) is 22.8. The molecule has 6 nitrogen and oxygen atoms in total. The number of nitrogens with zero attached hydrogens (tertiary/aromatic N) is 2. The molecule has 2 saturated carbocycles. The van der Waals surface area contributed by atoms with Crippen LogP contribution >= 0.6 is 0 Å². The van der Waals surface area contributed by atoms with E-state index in [-0.39, 0.29) is 43.2 Å². The maximum atomic E-state index is 15.5. The summed E-state index contributed by atoms with van der Waals surface area (Å²) in [5, 5.41) is 2.49. The van der Waals surface area contributed by atoms with Crippen LogP contribution in [-0.2, 0) is 14.4 Å². The van der Waals surface area contributed by atoms with Crippen molar-refractivity contribution in [2.75, 3.05) is 26.2 Å². The standard InChI is InChI=1S/C23H35F2N3O3/c1-4-18-14-27(20(30)13-26-19(29)5-2)7-8-28(18)21(31)22(6-3)10-16-9-17(24)12-23(25,11-16)15-22/h5,16-18H,2,4,6-15H2,1,3H3,(H,26,29)/t16?,17?,18-,22?,23?/m0/s1. The Bertz CT molecular complexity index is 729. The summed E-state index contributed by atoms with van der Waals surface area (Å²) in [5.74, 6) is -0.742. The topological polar surface area (TPSA) is 69.7 Å². The Morgan fingerprint density at radius 1 is 1.19 bits per heavy atom. The van der Waals surface area contributed by atoms with Gasteiger partial charge in [-0.05, 0) is 50.5 Å². The van der Waals surface area contributed by atoms with Crippen LogP contribution < -0.4 is 5.32 Å². The maximum Gasteiger partial charge on any atom is 0.243 e. The van der Waals surface area contributed by atoms with E-state index in [0.717, 1.165) is 6.08 Å². The average Bonchev–Trinajstić information content (AvgIpc) is 2.74. The van der Waals surface area contributed by atoms with Gasteiger partial charge in [-0.25, -0.2) is 8.78 Å². The molecule has 8 heteroatoms. The van der Waals surface area contributed by atoms with Crippen molar-refractivity contribution >= 4 is 17.7 Å². The van der Waals surface area contributed by atoms with E-state index < -0.39 is 23.2 Å². The van der Waals surface area contributed by atoms with Crippen LogP contribution in [0.2, 0.25) is 0 Å². The Labute approximate surface area is 183 Å². The summed E-state index contributed by atoms with van der Waals surface area (Å²) in [7, 11) is 0. The molecule has 3 rings (SSSR count). The van der Waals surface area contributed by atoms with Crippen LogP contribution in [0.25, 0.3) is 0 Å². The molecule has 2 bridgehead atoms. The fraction of sp³-hybridized carbons (Fsp3) is 0.783. The second-order valence-corrected chi connectivity index (χ2v) is 9.60. The lowest BCUT2D eigenvalue weighted by molar-refractivity contribution is -0.161. The van der Waals surface area contributed by atoms with Crippen LogP contribution in [0.15, 0.2) is 12.7 Å². The molecule has 0 radical (unpaired) electrons.